The largest absolute Gasteiger partial charge is 0.369 e. The van der Waals surface area contributed by atoms with Crippen LogP contribution in [0.5, 0.6) is 0 Å². The van der Waals surface area contributed by atoms with Gasteiger partial charge in [-0.25, -0.2) is 0 Å². The molecule has 1 heterocycles. The van der Waals surface area contributed by atoms with Crippen LogP contribution < -0.4 is 10.2 Å². The van der Waals surface area contributed by atoms with Gasteiger partial charge in [-0.1, -0.05) is 6.07 Å². The molecule has 1 aliphatic rings. The lowest BCUT2D eigenvalue weighted by Crippen LogP contribution is -2.37. The Bertz CT molecular complexity index is 818. The van der Waals surface area contributed by atoms with Crippen molar-refractivity contribution < 1.29 is 9.72 Å². The van der Waals surface area contributed by atoms with Gasteiger partial charge in [-0.15, -0.1) is 0 Å². The molecular weight excluding hydrogens is 330 g/mol. The van der Waals surface area contributed by atoms with E-state index >= 15 is 0 Å². The number of piperidine rings is 1. The fourth-order valence-electron chi connectivity index (χ4n) is 3.48. The van der Waals surface area contributed by atoms with Crippen molar-refractivity contribution >= 4 is 23.0 Å². The van der Waals surface area contributed by atoms with Crippen LogP contribution in [0.15, 0.2) is 42.5 Å². The van der Waals surface area contributed by atoms with E-state index in [1.165, 1.54) is 31.4 Å². The number of nitrogens with one attached hydrogen (secondary N) is 1. The summed E-state index contributed by atoms with van der Waals surface area (Å²) in [6.45, 7) is 4.88. The van der Waals surface area contributed by atoms with E-state index in [1.54, 1.807) is 13.0 Å². The van der Waals surface area contributed by atoms with Crippen molar-refractivity contribution in [3.8, 4) is 0 Å². The number of benzene rings is 2. The van der Waals surface area contributed by atoms with Gasteiger partial charge < -0.3 is 10.2 Å². The summed E-state index contributed by atoms with van der Waals surface area (Å²) in [5.41, 5.74) is 2.46. The zero-order chi connectivity index (χ0) is 18.7. The van der Waals surface area contributed by atoms with Gasteiger partial charge in [0.2, 0.25) is 0 Å². The minimum atomic E-state index is -0.472. The summed E-state index contributed by atoms with van der Waals surface area (Å²) < 4.78 is 0. The minimum absolute atomic E-state index is 0.0490. The standard InChI is InChI=1S/C20H23N3O3/c1-14-6-3-4-13-22(14)17-11-9-16(10-12-17)21-20(24)18-7-5-8-19(15(18)2)23(25)26/h5,7-12,14H,3-4,6,13H2,1-2H3,(H,21,24)/t14-/m0/s1. The van der Waals surface area contributed by atoms with Crippen molar-refractivity contribution in [2.75, 3.05) is 16.8 Å². The number of amides is 1. The van der Waals surface area contributed by atoms with Gasteiger partial charge in [0.1, 0.15) is 0 Å². The van der Waals surface area contributed by atoms with Crippen molar-refractivity contribution in [3.63, 3.8) is 0 Å². The highest BCUT2D eigenvalue weighted by Crippen LogP contribution is 2.26. The van der Waals surface area contributed by atoms with E-state index in [4.69, 9.17) is 0 Å². The van der Waals surface area contributed by atoms with Crippen molar-refractivity contribution in [2.24, 2.45) is 0 Å². The Morgan fingerprint density at radius 1 is 1.19 bits per heavy atom. The second-order valence-electron chi connectivity index (χ2n) is 6.75. The van der Waals surface area contributed by atoms with E-state index in [9.17, 15) is 14.9 Å². The predicted octanol–water partition coefficient (Wildman–Crippen LogP) is 4.53. The molecule has 0 saturated carbocycles. The number of rotatable bonds is 4. The smallest absolute Gasteiger partial charge is 0.273 e. The lowest BCUT2D eigenvalue weighted by Gasteiger charge is -2.35. The maximum absolute atomic E-state index is 12.5. The zero-order valence-electron chi connectivity index (χ0n) is 15.1. The van der Waals surface area contributed by atoms with E-state index < -0.39 is 4.92 Å². The number of carbonyl (C=O) groups is 1. The average molecular weight is 353 g/mol. The highest BCUT2D eigenvalue weighted by atomic mass is 16.6. The number of carbonyl (C=O) groups excluding carboxylic acids is 1. The van der Waals surface area contributed by atoms with E-state index in [1.807, 2.05) is 24.3 Å². The molecule has 136 valence electrons. The van der Waals surface area contributed by atoms with Crippen LogP contribution in [0, 0.1) is 17.0 Å². The van der Waals surface area contributed by atoms with Crippen molar-refractivity contribution in [3.05, 3.63) is 63.7 Å². The van der Waals surface area contributed by atoms with Gasteiger partial charge in [0.15, 0.2) is 0 Å². The average Bonchev–Trinajstić information content (AvgIpc) is 2.63. The normalized spacial score (nSPS) is 17.0. The summed E-state index contributed by atoms with van der Waals surface area (Å²) >= 11 is 0. The van der Waals surface area contributed by atoms with Crippen molar-refractivity contribution in [1.82, 2.24) is 0 Å². The van der Waals surface area contributed by atoms with Crippen LogP contribution in [-0.4, -0.2) is 23.4 Å². The highest BCUT2D eigenvalue weighted by molar-refractivity contribution is 6.05. The van der Waals surface area contributed by atoms with Crippen molar-refractivity contribution in [2.45, 2.75) is 39.2 Å². The van der Waals surface area contributed by atoms with Crippen LogP contribution in [-0.2, 0) is 0 Å². The molecule has 6 heteroatoms. The quantitative estimate of drug-likeness (QED) is 0.647. The van der Waals surface area contributed by atoms with Gasteiger partial charge in [-0.3, -0.25) is 14.9 Å². The van der Waals surface area contributed by atoms with Crippen LogP contribution in [0.2, 0.25) is 0 Å². The first-order valence-corrected chi connectivity index (χ1v) is 8.89. The Labute approximate surface area is 153 Å². The summed E-state index contributed by atoms with van der Waals surface area (Å²) in [5, 5.41) is 13.9. The number of anilines is 2. The molecule has 0 unspecified atom stereocenters. The van der Waals surface area contributed by atoms with Gasteiger partial charge in [0.05, 0.1) is 4.92 Å². The topological polar surface area (TPSA) is 75.5 Å². The van der Waals surface area contributed by atoms with Gasteiger partial charge in [-0.05, 0) is 63.4 Å². The molecule has 1 saturated heterocycles. The van der Waals surface area contributed by atoms with Crippen molar-refractivity contribution in [1.29, 1.82) is 0 Å². The first-order valence-electron chi connectivity index (χ1n) is 8.89. The summed E-state index contributed by atoms with van der Waals surface area (Å²) in [7, 11) is 0. The number of nitro groups is 1. The minimum Gasteiger partial charge on any atom is -0.369 e. The Morgan fingerprint density at radius 3 is 2.58 bits per heavy atom. The Morgan fingerprint density at radius 2 is 1.92 bits per heavy atom. The van der Waals surface area contributed by atoms with Gasteiger partial charge in [0.25, 0.3) is 11.6 Å². The van der Waals surface area contributed by atoms with Crippen LogP contribution >= 0.6 is 0 Å². The van der Waals surface area contributed by atoms with E-state index in [0.29, 0.717) is 22.9 Å². The SMILES string of the molecule is Cc1c(C(=O)Nc2ccc(N3CCCC[C@@H]3C)cc2)cccc1[N+](=O)[O-]. The molecule has 1 aliphatic heterocycles. The third-order valence-corrected chi connectivity index (χ3v) is 5.01. The summed E-state index contributed by atoms with van der Waals surface area (Å²) in [4.78, 5) is 25.5. The molecule has 0 aliphatic carbocycles. The molecule has 1 amide bonds. The third kappa shape index (κ3) is 3.69. The van der Waals surface area contributed by atoms with Crippen LogP contribution in [0.1, 0.15) is 42.1 Å². The lowest BCUT2D eigenvalue weighted by molar-refractivity contribution is -0.385. The summed E-state index contributed by atoms with van der Waals surface area (Å²) in [6, 6.07) is 12.8. The molecule has 26 heavy (non-hydrogen) atoms. The molecule has 3 rings (SSSR count). The molecule has 0 bridgehead atoms. The Balaban J connectivity index is 1.74. The molecule has 1 fully saturated rings. The summed E-state index contributed by atoms with van der Waals surface area (Å²) in [6.07, 6.45) is 3.67. The fourth-order valence-corrected chi connectivity index (χ4v) is 3.48. The van der Waals surface area contributed by atoms with E-state index in [0.717, 1.165) is 12.2 Å². The zero-order valence-corrected chi connectivity index (χ0v) is 15.1. The number of nitro benzene ring substituents is 1. The van der Waals surface area contributed by atoms with E-state index in [-0.39, 0.29) is 11.6 Å². The number of nitrogens with zero attached hydrogens (tertiary/aromatic N) is 2. The van der Waals surface area contributed by atoms with Crippen LogP contribution in [0.25, 0.3) is 0 Å². The first-order chi connectivity index (χ1) is 12.5. The lowest BCUT2D eigenvalue weighted by atomic mass is 10.0. The summed E-state index contributed by atoms with van der Waals surface area (Å²) in [5.74, 6) is -0.342. The fraction of sp³-hybridized carbons (Fsp3) is 0.350. The Hall–Kier alpha value is -2.89. The maximum Gasteiger partial charge on any atom is 0.273 e. The number of hydrogen-bond donors (Lipinski definition) is 1. The molecular formula is C20H23N3O3. The molecule has 6 nitrogen and oxygen atoms in total. The molecule has 1 N–H and O–H groups in total. The molecule has 0 aromatic heterocycles. The highest BCUT2D eigenvalue weighted by Gasteiger charge is 2.20. The van der Waals surface area contributed by atoms with Crippen LogP contribution in [0.3, 0.4) is 0 Å². The Kier molecular flexibility index (Phi) is 5.21. The van der Waals surface area contributed by atoms with Crippen LogP contribution in [0.4, 0.5) is 17.1 Å². The molecule has 0 radical (unpaired) electrons. The third-order valence-electron chi connectivity index (χ3n) is 5.01. The monoisotopic (exact) mass is 353 g/mol. The maximum atomic E-state index is 12.5. The molecule has 0 spiro atoms. The molecule has 1 atom stereocenters. The van der Waals surface area contributed by atoms with Gasteiger partial charge >= 0.3 is 0 Å². The van der Waals surface area contributed by atoms with Gasteiger partial charge in [-0.2, -0.15) is 0 Å². The first kappa shape index (κ1) is 17.9. The van der Waals surface area contributed by atoms with Gasteiger partial charge in [0, 0.05) is 41.2 Å². The molecule has 2 aromatic rings. The van der Waals surface area contributed by atoms with E-state index in [2.05, 4.69) is 17.1 Å². The molecule has 2 aromatic carbocycles. The second kappa shape index (κ2) is 7.56. The second-order valence-corrected chi connectivity index (χ2v) is 6.75. The number of hydrogen-bond acceptors (Lipinski definition) is 4. The predicted molar refractivity (Wildman–Crippen MR) is 103 cm³/mol.